The van der Waals surface area contributed by atoms with E-state index >= 15 is 4.39 Å². The highest BCUT2D eigenvalue weighted by Gasteiger charge is 2.37. The van der Waals surface area contributed by atoms with E-state index in [4.69, 9.17) is 20.2 Å². The van der Waals surface area contributed by atoms with E-state index in [1.165, 1.54) is 10.6 Å². The largest absolute Gasteiger partial charge is 0.458 e. The number of amides is 3. The molecule has 2 aromatic heterocycles. The Kier molecular flexibility index (Phi) is 9.10. The average Bonchev–Trinajstić information content (AvgIpc) is 3.49. The van der Waals surface area contributed by atoms with Crippen LogP contribution in [0, 0.1) is 12.7 Å². The molecule has 2 aliphatic heterocycles. The molecule has 0 saturated carbocycles. The van der Waals surface area contributed by atoms with Gasteiger partial charge in [0.2, 0.25) is 17.7 Å². The van der Waals surface area contributed by atoms with Crippen molar-refractivity contribution >= 4 is 34.6 Å². The number of cyclic esters (lactones) is 1. The van der Waals surface area contributed by atoms with Gasteiger partial charge in [0.05, 0.1) is 47.6 Å². The van der Waals surface area contributed by atoms with Crippen molar-refractivity contribution in [2.75, 3.05) is 19.9 Å². The van der Waals surface area contributed by atoms with Gasteiger partial charge < -0.3 is 40.8 Å². The lowest BCUT2D eigenvalue weighted by Gasteiger charge is -2.29. The maximum Gasteiger partial charge on any atom is 0.340 e. The molecular weight excluding hydrogens is 663 g/mol. The first-order valence-electron chi connectivity index (χ1n) is 16.5. The highest BCUT2D eigenvalue weighted by molar-refractivity contribution is 5.94. The zero-order valence-electron chi connectivity index (χ0n) is 27.6. The van der Waals surface area contributed by atoms with E-state index in [2.05, 4.69) is 16.0 Å². The Labute approximate surface area is 290 Å². The molecule has 0 radical (unpaired) electrons. The molecule has 264 valence electrons. The summed E-state index contributed by atoms with van der Waals surface area (Å²) in [6.45, 7) is 0.525. The van der Waals surface area contributed by atoms with E-state index in [0.717, 1.165) is 11.1 Å². The average molecular weight is 699 g/mol. The standard InChI is InChI=1S/C36H35FN6O8/c1-17-19-7-8-25(41-29(45)15-50-16-40-28(44)12-39-34(47)24(38)9-18-5-3-2-4-6-18)31-21-13-43-27(32(21)42-26(30(19)31)11-23(17)37)10-20-22(35(43)48)14-51-36(49)33(20)46/h2-6,10-11,24-25,33,46H,7-9,12-16,38H2,1H3,(H,39,47)(H,40,44)(H,41,45)/t24-,25?,33-/m1/s1. The number of aliphatic hydroxyl groups is 1. The lowest BCUT2D eigenvalue weighted by molar-refractivity contribution is -0.157. The number of benzene rings is 2. The van der Waals surface area contributed by atoms with Crippen molar-refractivity contribution in [2.24, 2.45) is 5.73 Å². The lowest BCUT2D eigenvalue weighted by atomic mass is 9.81. The number of halogens is 1. The number of hydrogen-bond donors (Lipinski definition) is 5. The highest BCUT2D eigenvalue weighted by atomic mass is 19.1. The summed E-state index contributed by atoms with van der Waals surface area (Å²) in [6.07, 6.45) is -0.414. The van der Waals surface area contributed by atoms with Crippen LogP contribution in [0.3, 0.4) is 0 Å². The third-order valence-corrected chi connectivity index (χ3v) is 9.64. The van der Waals surface area contributed by atoms with Crippen molar-refractivity contribution in [3.05, 3.63) is 97.6 Å². The van der Waals surface area contributed by atoms with Crippen molar-refractivity contribution in [2.45, 2.75) is 57.5 Å². The van der Waals surface area contributed by atoms with Crippen LogP contribution < -0.4 is 27.2 Å². The van der Waals surface area contributed by atoms with Gasteiger partial charge in [-0.05, 0) is 54.5 Å². The van der Waals surface area contributed by atoms with Gasteiger partial charge in [-0.2, -0.15) is 0 Å². The number of hydrogen-bond acceptors (Lipinski definition) is 10. The molecule has 4 aromatic rings. The molecule has 3 amide bonds. The first-order valence-corrected chi connectivity index (χ1v) is 16.5. The number of aromatic nitrogens is 2. The molecule has 0 fully saturated rings. The van der Waals surface area contributed by atoms with E-state index in [9.17, 15) is 29.1 Å². The van der Waals surface area contributed by atoms with Crippen LogP contribution in [0.2, 0.25) is 0 Å². The first kappa shape index (κ1) is 34.0. The van der Waals surface area contributed by atoms with Crippen molar-refractivity contribution in [1.82, 2.24) is 25.5 Å². The van der Waals surface area contributed by atoms with Crippen molar-refractivity contribution in [1.29, 1.82) is 0 Å². The number of nitrogens with one attached hydrogen (secondary N) is 3. The lowest BCUT2D eigenvalue weighted by Crippen LogP contribution is -2.46. The molecule has 0 saturated heterocycles. The van der Waals surface area contributed by atoms with Gasteiger partial charge in [-0.3, -0.25) is 19.2 Å². The second-order valence-electron chi connectivity index (χ2n) is 12.8. The number of ether oxygens (including phenoxy) is 2. The van der Waals surface area contributed by atoms with Crippen LogP contribution in [0.5, 0.6) is 0 Å². The highest BCUT2D eigenvalue weighted by Crippen LogP contribution is 2.45. The zero-order valence-corrected chi connectivity index (χ0v) is 27.6. The minimum absolute atomic E-state index is 0.109. The van der Waals surface area contributed by atoms with Crippen LogP contribution in [0.15, 0.2) is 47.3 Å². The molecule has 3 atom stereocenters. The van der Waals surface area contributed by atoms with Gasteiger partial charge in [0.15, 0.2) is 6.10 Å². The van der Waals surface area contributed by atoms with E-state index in [-0.39, 0.29) is 37.6 Å². The molecule has 0 spiro atoms. The maximum atomic E-state index is 15.1. The number of carbonyl (C=O) groups is 4. The van der Waals surface area contributed by atoms with Crippen molar-refractivity contribution in [3.63, 3.8) is 0 Å². The molecule has 7 rings (SSSR count). The maximum absolute atomic E-state index is 15.1. The molecule has 3 aliphatic rings. The second-order valence-corrected chi connectivity index (χ2v) is 12.8. The monoisotopic (exact) mass is 698 g/mol. The smallest absolute Gasteiger partial charge is 0.340 e. The number of rotatable bonds is 10. The van der Waals surface area contributed by atoms with E-state index in [0.29, 0.717) is 58.2 Å². The molecule has 1 unspecified atom stereocenters. The number of nitrogens with zero attached hydrogens (tertiary/aromatic N) is 2. The Balaban J connectivity index is 1.03. The normalized spacial score (nSPS) is 17.5. The van der Waals surface area contributed by atoms with Crippen LogP contribution in [-0.4, -0.2) is 64.3 Å². The fourth-order valence-electron chi connectivity index (χ4n) is 7.08. The van der Waals surface area contributed by atoms with Crippen molar-refractivity contribution in [3.8, 4) is 11.4 Å². The number of carbonyl (C=O) groups excluding carboxylic acids is 4. The number of aliphatic hydroxyl groups excluding tert-OH is 1. The van der Waals surface area contributed by atoms with E-state index < -0.39 is 59.9 Å². The van der Waals surface area contributed by atoms with Gasteiger partial charge in [-0.1, -0.05) is 30.3 Å². The molecule has 51 heavy (non-hydrogen) atoms. The molecule has 6 N–H and O–H groups in total. The third kappa shape index (κ3) is 6.35. The Morgan fingerprint density at radius 1 is 1.12 bits per heavy atom. The molecule has 15 heteroatoms. The van der Waals surface area contributed by atoms with Crippen LogP contribution in [0.1, 0.15) is 57.5 Å². The van der Waals surface area contributed by atoms with Crippen LogP contribution in [0.4, 0.5) is 4.39 Å². The third-order valence-electron chi connectivity index (χ3n) is 9.64. The van der Waals surface area contributed by atoms with E-state index in [1.54, 1.807) is 13.0 Å². The molecule has 0 bridgehead atoms. The molecular formula is C36H35FN6O8. The molecule has 14 nitrogen and oxygen atoms in total. The quantitative estimate of drug-likeness (QED) is 0.0790. The topological polar surface area (TPSA) is 204 Å². The second kappa shape index (κ2) is 13.7. The summed E-state index contributed by atoms with van der Waals surface area (Å²) in [5.41, 5.74) is 10.5. The Morgan fingerprint density at radius 3 is 2.69 bits per heavy atom. The summed E-state index contributed by atoms with van der Waals surface area (Å²) in [6, 6.07) is 10.8. The Morgan fingerprint density at radius 2 is 1.90 bits per heavy atom. The van der Waals surface area contributed by atoms with Gasteiger partial charge in [-0.15, -0.1) is 0 Å². The van der Waals surface area contributed by atoms with Crippen molar-refractivity contribution < 1.29 is 38.1 Å². The van der Waals surface area contributed by atoms with E-state index in [1.807, 2.05) is 30.3 Å². The van der Waals surface area contributed by atoms with Gasteiger partial charge >= 0.3 is 5.97 Å². The zero-order chi connectivity index (χ0) is 36.0. The molecule has 1 aliphatic carbocycles. The van der Waals surface area contributed by atoms with Gasteiger partial charge in [0.1, 0.15) is 25.8 Å². The predicted octanol–water partition coefficient (Wildman–Crippen LogP) is 0.843. The summed E-state index contributed by atoms with van der Waals surface area (Å²) in [5.74, 6) is -2.77. The summed E-state index contributed by atoms with van der Waals surface area (Å²) in [7, 11) is 0. The Bertz CT molecular complexity index is 2170. The predicted molar refractivity (Wildman–Crippen MR) is 179 cm³/mol. The number of esters is 1. The summed E-state index contributed by atoms with van der Waals surface area (Å²) < 4.78 is 27.0. The fourth-order valence-corrected chi connectivity index (χ4v) is 7.08. The number of fused-ring (bicyclic) bond motifs is 5. The first-order chi connectivity index (χ1) is 24.5. The Hall–Kier alpha value is -5.51. The fraction of sp³-hybridized carbons (Fsp3) is 0.333. The minimum Gasteiger partial charge on any atom is -0.458 e. The van der Waals surface area contributed by atoms with Gasteiger partial charge in [-0.25, -0.2) is 14.2 Å². The van der Waals surface area contributed by atoms with Crippen LogP contribution in [-0.2, 0) is 54.6 Å². The SMILES string of the molecule is Cc1c(F)cc2nc3c(c4c2c1CCC4NC(=O)COCNC(=O)CNC(=O)[C@H](N)Cc1ccccc1)Cn1c-3cc2c(c1=O)COC(=O)[C@@H]2O. The summed E-state index contributed by atoms with van der Waals surface area (Å²) in [5, 5.41) is 19.2. The number of pyridine rings is 2. The summed E-state index contributed by atoms with van der Waals surface area (Å²) >= 11 is 0. The van der Waals surface area contributed by atoms with Gasteiger partial charge in [0.25, 0.3) is 5.56 Å². The van der Waals surface area contributed by atoms with Crippen LogP contribution >= 0.6 is 0 Å². The van der Waals surface area contributed by atoms with Gasteiger partial charge in [0, 0.05) is 22.6 Å². The molecule has 2 aromatic carbocycles. The number of nitrogens with two attached hydrogens (primary N) is 1. The molecule has 4 heterocycles. The number of aryl methyl sites for hydroxylation is 1. The summed E-state index contributed by atoms with van der Waals surface area (Å²) in [4.78, 5) is 68.1. The minimum atomic E-state index is -1.62. The van der Waals surface area contributed by atoms with Crippen LogP contribution in [0.25, 0.3) is 22.3 Å².